The molecule has 0 radical (unpaired) electrons. The third-order valence-corrected chi connectivity index (χ3v) is 1.59. The number of allylic oxidation sites excluding steroid dienone is 1. The number of hydrogen-bond acceptors (Lipinski definition) is 1. The Morgan fingerprint density at radius 3 is 2.56 bits per heavy atom. The van der Waals surface area contributed by atoms with E-state index >= 15 is 0 Å². The van der Waals surface area contributed by atoms with E-state index < -0.39 is 5.60 Å². The van der Waals surface area contributed by atoms with Crippen molar-refractivity contribution in [3.05, 3.63) is 12.7 Å². The lowest BCUT2D eigenvalue weighted by molar-refractivity contribution is 0.0240. The fraction of sp³-hybridized carbons (Fsp3) is 0.500. The van der Waals surface area contributed by atoms with E-state index in [4.69, 9.17) is 0 Å². The van der Waals surface area contributed by atoms with Gasteiger partial charge in [0.1, 0.15) is 5.60 Å². The summed E-state index contributed by atoms with van der Waals surface area (Å²) < 4.78 is 0. The van der Waals surface area contributed by atoms with Crippen LogP contribution in [0, 0.1) is 11.8 Å². The topological polar surface area (TPSA) is 20.2 Å². The van der Waals surface area contributed by atoms with Crippen LogP contribution in [0.5, 0.6) is 0 Å². The molecular formula is C8H10O. The van der Waals surface area contributed by atoms with E-state index in [9.17, 15) is 5.11 Å². The SMILES string of the molecule is C=CC#CC1(O)CCC1. The zero-order chi connectivity index (χ0) is 6.74. The quantitative estimate of drug-likeness (QED) is 0.477. The van der Waals surface area contributed by atoms with Crippen LogP contribution in [0.2, 0.25) is 0 Å². The van der Waals surface area contributed by atoms with Crippen LogP contribution in [-0.2, 0) is 0 Å². The van der Waals surface area contributed by atoms with Gasteiger partial charge in [-0.3, -0.25) is 0 Å². The van der Waals surface area contributed by atoms with Crippen molar-refractivity contribution in [2.45, 2.75) is 24.9 Å². The molecule has 0 aliphatic heterocycles. The molecule has 1 aliphatic carbocycles. The van der Waals surface area contributed by atoms with Crippen molar-refractivity contribution in [3.8, 4) is 11.8 Å². The molecule has 0 amide bonds. The van der Waals surface area contributed by atoms with Crippen molar-refractivity contribution < 1.29 is 5.11 Å². The number of rotatable bonds is 0. The molecule has 9 heavy (non-hydrogen) atoms. The minimum atomic E-state index is -0.659. The highest BCUT2D eigenvalue weighted by atomic mass is 16.3. The van der Waals surface area contributed by atoms with E-state index in [0.717, 1.165) is 19.3 Å². The summed E-state index contributed by atoms with van der Waals surface area (Å²) >= 11 is 0. The van der Waals surface area contributed by atoms with Crippen molar-refractivity contribution in [2.75, 3.05) is 0 Å². The van der Waals surface area contributed by atoms with Crippen LogP contribution in [0.4, 0.5) is 0 Å². The summed E-state index contributed by atoms with van der Waals surface area (Å²) in [6.07, 6.45) is 4.26. The van der Waals surface area contributed by atoms with Gasteiger partial charge in [-0.2, -0.15) is 0 Å². The summed E-state index contributed by atoms with van der Waals surface area (Å²) in [5, 5.41) is 9.32. The normalized spacial score (nSPS) is 21.0. The summed E-state index contributed by atoms with van der Waals surface area (Å²) in [7, 11) is 0. The van der Waals surface area contributed by atoms with Crippen LogP contribution in [0.1, 0.15) is 19.3 Å². The van der Waals surface area contributed by atoms with Crippen molar-refractivity contribution in [1.29, 1.82) is 0 Å². The first-order chi connectivity index (χ1) is 4.27. The molecule has 1 heteroatoms. The molecule has 1 fully saturated rings. The van der Waals surface area contributed by atoms with Gasteiger partial charge in [-0.05, 0) is 25.3 Å². The van der Waals surface area contributed by atoms with E-state index in [0.29, 0.717) is 0 Å². The van der Waals surface area contributed by atoms with Crippen molar-refractivity contribution in [3.63, 3.8) is 0 Å². The molecular weight excluding hydrogens is 112 g/mol. The highest BCUT2D eigenvalue weighted by Crippen LogP contribution is 2.30. The Balaban J connectivity index is 2.50. The smallest absolute Gasteiger partial charge is 0.125 e. The van der Waals surface area contributed by atoms with Gasteiger partial charge in [0.2, 0.25) is 0 Å². The molecule has 0 spiro atoms. The molecule has 0 aromatic heterocycles. The molecule has 0 bridgehead atoms. The first kappa shape index (κ1) is 6.38. The van der Waals surface area contributed by atoms with Crippen LogP contribution >= 0.6 is 0 Å². The average molecular weight is 122 g/mol. The van der Waals surface area contributed by atoms with Crippen LogP contribution < -0.4 is 0 Å². The molecule has 48 valence electrons. The maximum absolute atomic E-state index is 9.32. The van der Waals surface area contributed by atoms with Gasteiger partial charge in [0.05, 0.1) is 0 Å². The van der Waals surface area contributed by atoms with Gasteiger partial charge in [0.15, 0.2) is 0 Å². The first-order valence-electron chi connectivity index (χ1n) is 3.13. The lowest BCUT2D eigenvalue weighted by Crippen LogP contribution is -2.34. The molecule has 0 atom stereocenters. The van der Waals surface area contributed by atoms with Crippen molar-refractivity contribution in [1.82, 2.24) is 0 Å². The molecule has 1 rings (SSSR count). The zero-order valence-corrected chi connectivity index (χ0v) is 5.35. The van der Waals surface area contributed by atoms with E-state index in [1.54, 1.807) is 0 Å². The van der Waals surface area contributed by atoms with Crippen molar-refractivity contribution >= 4 is 0 Å². The highest BCUT2D eigenvalue weighted by Gasteiger charge is 2.31. The lowest BCUT2D eigenvalue weighted by Gasteiger charge is -2.30. The molecule has 0 heterocycles. The number of hydrogen-bond donors (Lipinski definition) is 1. The second-order valence-electron chi connectivity index (χ2n) is 2.36. The molecule has 1 saturated carbocycles. The maximum atomic E-state index is 9.32. The highest BCUT2D eigenvalue weighted by molar-refractivity contribution is 5.22. The minimum absolute atomic E-state index is 0.659. The summed E-state index contributed by atoms with van der Waals surface area (Å²) in [5.41, 5.74) is -0.659. The van der Waals surface area contributed by atoms with Gasteiger partial charge in [0.25, 0.3) is 0 Å². The largest absolute Gasteiger partial charge is 0.378 e. The maximum Gasteiger partial charge on any atom is 0.125 e. The van der Waals surface area contributed by atoms with Gasteiger partial charge in [-0.15, -0.1) is 0 Å². The van der Waals surface area contributed by atoms with Gasteiger partial charge >= 0.3 is 0 Å². The molecule has 0 saturated heterocycles. The van der Waals surface area contributed by atoms with Gasteiger partial charge in [-0.1, -0.05) is 18.4 Å². The Kier molecular flexibility index (Phi) is 1.59. The Morgan fingerprint density at radius 1 is 1.56 bits per heavy atom. The van der Waals surface area contributed by atoms with E-state index in [2.05, 4.69) is 18.4 Å². The van der Waals surface area contributed by atoms with Crippen LogP contribution in [0.3, 0.4) is 0 Å². The monoisotopic (exact) mass is 122 g/mol. The van der Waals surface area contributed by atoms with Crippen LogP contribution in [0.25, 0.3) is 0 Å². The zero-order valence-electron chi connectivity index (χ0n) is 5.35. The molecule has 0 unspecified atom stereocenters. The third-order valence-electron chi connectivity index (χ3n) is 1.59. The van der Waals surface area contributed by atoms with Crippen molar-refractivity contribution in [2.24, 2.45) is 0 Å². The Morgan fingerprint density at radius 2 is 2.22 bits per heavy atom. The Bertz CT molecular complexity index is 167. The molecule has 1 aliphatic rings. The van der Waals surface area contributed by atoms with E-state index in [-0.39, 0.29) is 0 Å². The summed E-state index contributed by atoms with van der Waals surface area (Å²) in [6.45, 7) is 3.44. The fourth-order valence-electron chi connectivity index (χ4n) is 0.822. The van der Waals surface area contributed by atoms with Crippen LogP contribution in [-0.4, -0.2) is 10.7 Å². The standard InChI is InChI=1S/C8H10O/c1-2-3-5-8(9)6-4-7-8/h2,9H,1,4,6-7H2. The Hall–Kier alpha value is -0.740. The minimum Gasteiger partial charge on any atom is -0.378 e. The molecule has 1 N–H and O–H groups in total. The van der Waals surface area contributed by atoms with Gasteiger partial charge < -0.3 is 5.11 Å². The van der Waals surface area contributed by atoms with Crippen LogP contribution in [0.15, 0.2) is 12.7 Å². The second kappa shape index (κ2) is 2.24. The van der Waals surface area contributed by atoms with Gasteiger partial charge in [0, 0.05) is 0 Å². The van der Waals surface area contributed by atoms with Gasteiger partial charge in [-0.25, -0.2) is 0 Å². The molecule has 0 aromatic carbocycles. The summed E-state index contributed by atoms with van der Waals surface area (Å²) in [4.78, 5) is 0. The average Bonchev–Trinajstić information content (AvgIpc) is 1.79. The molecule has 1 nitrogen and oxygen atoms in total. The van der Waals surface area contributed by atoms with E-state index in [1.165, 1.54) is 6.08 Å². The summed E-state index contributed by atoms with van der Waals surface area (Å²) in [5.74, 6) is 5.39. The fourth-order valence-corrected chi connectivity index (χ4v) is 0.822. The predicted molar refractivity (Wildman–Crippen MR) is 36.8 cm³/mol. The lowest BCUT2D eigenvalue weighted by atomic mass is 9.81. The summed E-state index contributed by atoms with van der Waals surface area (Å²) in [6, 6.07) is 0. The van der Waals surface area contributed by atoms with E-state index in [1.807, 2.05) is 0 Å². The second-order valence-corrected chi connectivity index (χ2v) is 2.36. The predicted octanol–water partition coefficient (Wildman–Crippen LogP) is 1.09. The first-order valence-corrected chi connectivity index (χ1v) is 3.13. The number of aliphatic hydroxyl groups is 1. The Labute approximate surface area is 55.4 Å². The third kappa shape index (κ3) is 1.34. The molecule has 0 aromatic rings.